The Balaban J connectivity index is 1.41. The van der Waals surface area contributed by atoms with E-state index in [1.54, 1.807) is 0 Å². The molecule has 0 bridgehead atoms. The minimum Gasteiger partial charge on any atom is -0.393 e. The Bertz CT molecular complexity index is 795. The molecule has 2 N–H and O–H groups in total. The number of aliphatic hydroxyl groups is 2. The second-order valence-corrected chi connectivity index (χ2v) is 14.6. The number of aliphatic hydroxyl groups excluding tert-OH is 2. The molecule has 2 nitrogen and oxygen atoms in total. The van der Waals surface area contributed by atoms with Crippen molar-refractivity contribution in [2.45, 2.75) is 125 Å². The monoisotopic (exact) mass is 442 g/mol. The van der Waals surface area contributed by atoms with Crippen LogP contribution in [-0.2, 0) is 0 Å². The van der Waals surface area contributed by atoms with Gasteiger partial charge in [-0.15, -0.1) is 0 Å². The Hall–Kier alpha value is -0.340. The molecule has 0 radical (unpaired) electrons. The highest BCUT2D eigenvalue weighted by molar-refractivity contribution is 5.30. The summed E-state index contributed by atoms with van der Waals surface area (Å²) in [6, 6.07) is 0. The van der Waals surface area contributed by atoms with Crippen LogP contribution in [0.5, 0.6) is 0 Å². The van der Waals surface area contributed by atoms with E-state index in [1.165, 1.54) is 56.9 Å². The normalized spacial score (nSPS) is 52.7. The van der Waals surface area contributed by atoms with Gasteiger partial charge in [0.1, 0.15) is 0 Å². The Labute approximate surface area is 197 Å². The molecule has 0 heterocycles. The van der Waals surface area contributed by atoms with Gasteiger partial charge in [0.05, 0.1) is 12.2 Å². The van der Waals surface area contributed by atoms with Crippen molar-refractivity contribution in [1.29, 1.82) is 0 Å². The maximum absolute atomic E-state index is 10.8. The summed E-state index contributed by atoms with van der Waals surface area (Å²) in [4.78, 5) is 0. The van der Waals surface area contributed by atoms with Crippen molar-refractivity contribution in [3.63, 3.8) is 0 Å². The van der Waals surface area contributed by atoms with E-state index < -0.39 is 0 Å². The molecule has 182 valence electrons. The summed E-state index contributed by atoms with van der Waals surface area (Å²) in [6.07, 6.45) is 14.6. The van der Waals surface area contributed by atoms with E-state index in [-0.39, 0.29) is 17.6 Å². The molecule has 5 rings (SSSR count). The topological polar surface area (TPSA) is 40.5 Å². The number of allylic oxidation sites excluding steroid dienone is 1. The van der Waals surface area contributed by atoms with Crippen molar-refractivity contribution >= 4 is 0 Å². The molecule has 2 heteroatoms. The minimum absolute atomic E-state index is 0.0855. The summed E-state index contributed by atoms with van der Waals surface area (Å²) < 4.78 is 0. The summed E-state index contributed by atoms with van der Waals surface area (Å²) in [7, 11) is 0. The van der Waals surface area contributed by atoms with E-state index in [0.717, 1.165) is 30.6 Å². The Morgan fingerprint density at radius 3 is 2.22 bits per heavy atom. The van der Waals surface area contributed by atoms with Crippen molar-refractivity contribution in [3.05, 3.63) is 11.6 Å². The van der Waals surface area contributed by atoms with E-state index in [1.807, 2.05) is 0 Å². The summed E-state index contributed by atoms with van der Waals surface area (Å²) in [5.74, 6) is 2.91. The quantitative estimate of drug-likeness (QED) is 0.454. The fourth-order valence-corrected chi connectivity index (χ4v) is 11.3. The van der Waals surface area contributed by atoms with Gasteiger partial charge in [0.15, 0.2) is 0 Å². The van der Waals surface area contributed by atoms with Crippen molar-refractivity contribution in [2.24, 2.45) is 50.7 Å². The predicted octanol–water partition coefficient (Wildman–Crippen LogP) is 7.14. The third kappa shape index (κ3) is 2.78. The smallest absolute Gasteiger partial charge is 0.0726 e. The van der Waals surface area contributed by atoms with Crippen LogP contribution in [-0.4, -0.2) is 22.4 Å². The van der Waals surface area contributed by atoms with Crippen LogP contribution < -0.4 is 0 Å². The third-order valence-corrected chi connectivity index (χ3v) is 13.0. The molecule has 0 saturated heterocycles. The molecule has 5 aliphatic rings. The highest BCUT2D eigenvalue weighted by atomic mass is 16.3. The van der Waals surface area contributed by atoms with Crippen LogP contribution in [0.2, 0.25) is 0 Å². The van der Waals surface area contributed by atoms with Crippen LogP contribution in [0.1, 0.15) is 113 Å². The van der Waals surface area contributed by atoms with Gasteiger partial charge in [0, 0.05) is 0 Å². The largest absolute Gasteiger partial charge is 0.393 e. The average molecular weight is 443 g/mol. The first-order chi connectivity index (χ1) is 14.8. The van der Waals surface area contributed by atoms with Gasteiger partial charge < -0.3 is 10.2 Å². The second-order valence-electron chi connectivity index (χ2n) is 14.6. The molecule has 0 aromatic heterocycles. The van der Waals surface area contributed by atoms with E-state index in [0.29, 0.717) is 27.6 Å². The number of rotatable bonds is 4. The molecule has 0 aromatic rings. The van der Waals surface area contributed by atoms with Gasteiger partial charge in [-0.25, -0.2) is 0 Å². The number of hydrogen-bond acceptors (Lipinski definition) is 2. The fourth-order valence-electron chi connectivity index (χ4n) is 11.3. The first-order valence-electron chi connectivity index (χ1n) is 13.9. The predicted molar refractivity (Wildman–Crippen MR) is 132 cm³/mol. The van der Waals surface area contributed by atoms with Gasteiger partial charge in [-0.2, -0.15) is 0 Å². The van der Waals surface area contributed by atoms with Gasteiger partial charge in [-0.1, -0.05) is 46.3 Å². The molecule has 0 amide bonds. The molecule has 0 aliphatic heterocycles. The zero-order valence-corrected chi connectivity index (χ0v) is 22.0. The fraction of sp³-hybridized carbons (Fsp3) is 0.933. The molecular weight excluding hydrogens is 392 g/mol. The first kappa shape index (κ1) is 23.4. The Morgan fingerprint density at radius 1 is 0.875 bits per heavy atom. The molecular formula is C30H50O2. The number of fused-ring (bicyclic) bond motifs is 2. The standard InChI is InChI=1S/C30H50O2/c1-19(2)16-21(31)17-20(3)22-10-12-28(7)24-9-8-23-26(4,5)25(32)11-13-29(23)18-30(24,29)15-14-27(22,28)6/h16,20-25,31-32H,8-15,17-18H2,1-7H3/t20-,21?,22-,23+,24+,25+,27-,28+,29-,30+/m1/s1. The van der Waals surface area contributed by atoms with Gasteiger partial charge in [0.25, 0.3) is 0 Å². The van der Waals surface area contributed by atoms with E-state index in [9.17, 15) is 10.2 Å². The Kier molecular flexibility index (Phi) is 5.19. The lowest BCUT2D eigenvalue weighted by molar-refractivity contribution is -0.161. The second kappa shape index (κ2) is 7.09. The molecule has 32 heavy (non-hydrogen) atoms. The SMILES string of the molecule is CC(C)=CC(O)C[C@@H](C)[C@H]1CC[C@@]2(C)[C@@H]3CC[C@H]4C(C)(C)[C@@H](O)CC[C@@]45C[C@@]35CC[C@]12C. The third-order valence-electron chi connectivity index (χ3n) is 13.0. The molecule has 5 fully saturated rings. The highest BCUT2D eigenvalue weighted by Gasteiger charge is 2.82. The zero-order valence-electron chi connectivity index (χ0n) is 22.0. The summed E-state index contributed by atoms with van der Waals surface area (Å²) in [6.45, 7) is 16.7. The van der Waals surface area contributed by atoms with Crippen molar-refractivity contribution in [2.75, 3.05) is 0 Å². The Morgan fingerprint density at radius 2 is 1.53 bits per heavy atom. The molecule has 1 unspecified atom stereocenters. The van der Waals surface area contributed by atoms with Gasteiger partial charge in [-0.3, -0.25) is 0 Å². The van der Waals surface area contributed by atoms with Crippen LogP contribution >= 0.6 is 0 Å². The van der Waals surface area contributed by atoms with Crippen LogP contribution in [0.4, 0.5) is 0 Å². The summed E-state index contributed by atoms with van der Waals surface area (Å²) in [5, 5.41) is 21.5. The lowest BCUT2D eigenvalue weighted by Gasteiger charge is -2.63. The van der Waals surface area contributed by atoms with Crippen molar-refractivity contribution in [1.82, 2.24) is 0 Å². The zero-order chi connectivity index (χ0) is 23.3. The highest BCUT2D eigenvalue weighted by Crippen LogP contribution is 2.89. The lowest BCUT2D eigenvalue weighted by atomic mass is 9.41. The van der Waals surface area contributed by atoms with Crippen LogP contribution in [0.25, 0.3) is 0 Å². The summed E-state index contributed by atoms with van der Waals surface area (Å²) in [5.41, 5.74) is 3.27. The maximum Gasteiger partial charge on any atom is 0.0726 e. The van der Waals surface area contributed by atoms with Gasteiger partial charge >= 0.3 is 0 Å². The van der Waals surface area contributed by atoms with Crippen LogP contribution in [0, 0.1) is 50.7 Å². The first-order valence-corrected chi connectivity index (χ1v) is 13.9. The van der Waals surface area contributed by atoms with Gasteiger partial charge in [-0.05, 0) is 129 Å². The lowest BCUT2D eigenvalue weighted by Crippen LogP contribution is -2.57. The molecule has 2 spiro atoms. The summed E-state index contributed by atoms with van der Waals surface area (Å²) >= 11 is 0. The molecule has 5 aliphatic carbocycles. The molecule has 10 atom stereocenters. The minimum atomic E-state index is -0.293. The van der Waals surface area contributed by atoms with Crippen molar-refractivity contribution in [3.8, 4) is 0 Å². The van der Waals surface area contributed by atoms with Crippen LogP contribution in [0.15, 0.2) is 11.6 Å². The molecule has 5 saturated carbocycles. The van der Waals surface area contributed by atoms with E-state index >= 15 is 0 Å². The maximum atomic E-state index is 10.8. The van der Waals surface area contributed by atoms with E-state index in [2.05, 4.69) is 54.5 Å². The average Bonchev–Trinajstić information content (AvgIpc) is 3.27. The van der Waals surface area contributed by atoms with E-state index in [4.69, 9.17) is 0 Å². The van der Waals surface area contributed by atoms with Gasteiger partial charge in [0.2, 0.25) is 0 Å². The number of hydrogen-bond donors (Lipinski definition) is 2. The van der Waals surface area contributed by atoms with Crippen molar-refractivity contribution < 1.29 is 10.2 Å². The van der Waals surface area contributed by atoms with Crippen LogP contribution in [0.3, 0.4) is 0 Å². The molecule has 0 aromatic carbocycles.